The first-order valence-corrected chi connectivity index (χ1v) is 7.16. The summed E-state index contributed by atoms with van der Waals surface area (Å²) in [6.45, 7) is 0. The van der Waals surface area contributed by atoms with Crippen molar-refractivity contribution in [2.75, 3.05) is 0 Å². The summed E-state index contributed by atoms with van der Waals surface area (Å²) < 4.78 is 8.49. The van der Waals surface area contributed by atoms with Crippen LogP contribution in [0.15, 0.2) is 55.5 Å². The van der Waals surface area contributed by atoms with Crippen molar-refractivity contribution in [3.05, 3.63) is 67.8 Å². The molecule has 1 aromatic carbocycles. The third-order valence-electron chi connectivity index (χ3n) is 4.10. The first-order valence-electron chi connectivity index (χ1n) is 7.16. The van der Waals surface area contributed by atoms with Crippen LogP contribution in [0.3, 0.4) is 0 Å². The Bertz CT molecular complexity index is 1280. The van der Waals surface area contributed by atoms with Crippen LogP contribution in [0, 0.1) is 0 Å². The van der Waals surface area contributed by atoms with E-state index in [1.165, 1.54) is 29.5 Å². The molecule has 3 aromatic heterocycles. The summed E-state index contributed by atoms with van der Waals surface area (Å²) in [5.41, 5.74) is -0.595. The number of hydrogen-bond donors (Lipinski definition) is 0. The molecule has 3 heterocycles. The fourth-order valence-electron chi connectivity index (χ4n) is 2.90. The Morgan fingerprint density at radius 3 is 2.38 bits per heavy atom. The Balaban J connectivity index is 2.44. The molecule has 4 aromatic rings. The SMILES string of the molecule is Cn1c(=O)c2c3nocc3c(=O)n(-c3ccccc3)c2n(C)c1=O. The monoisotopic (exact) mass is 324 g/mol. The third-order valence-corrected chi connectivity index (χ3v) is 4.10. The van der Waals surface area contributed by atoms with Gasteiger partial charge in [-0.15, -0.1) is 0 Å². The van der Waals surface area contributed by atoms with Gasteiger partial charge in [0.2, 0.25) is 0 Å². The molecule has 0 saturated carbocycles. The molecule has 8 heteroatoms. The van der Waals surface area contributed by atoms with Crippen LogP contribution in [0.2, 0.25) is 0 Å². The minimum absolute atomic E-state index is 0.151. The summed E-state index contributed by atoms with van der Waals surface area (Å²) in [6, 6.07) is 8.80. The number of fused-ring (bicyclic) bond motifs is 3. The highest BCUT2D eigenvalue weighted by Gasteiger charge is 2.21. The van der Waals surface area contributed by atoms with Crippen LogP contribution < -0.4 is 16.8 Å². The molecule has 24 heavy (non-hydrogen) atoms. The number of aromatic nitrogens is 4. The van der Waals surface area contributed by atoms with E-state index < -0.39 is 16.8 Å². The topological polar surface area (TPSA) is 92.0 Å². The number of nitrogens with zero attached hydrogens (tertiary/aromatic N) is 4. The summed E-state index contributed by atoms with van der Waals surface area (Å²) in [5.74, 6) is 0. The van der Waals surface area contributed by atoms with Gasteiger partial charge in [-0.2, -0.15) is 0 Å². The second kappa shape index (κ2) is 4.79. The zero-order valence-electron chi connectivity index (χ0n) is 12.9. The van der Waals surface area contributed by atoms with E-state index in [1.807, 2.05) is 6.07 Å². The molecule has 0 unspecified atom stereocenters. The van der Waals surface area contributed by atoms with Gasteiger partial charge in [0.05, 0.1) is 5.69 Å². The van der Waals surface area contributed by atoms with Gasteiger partial charge in [-0.25, -0.2) is 4.79 Å². The van der Waals surface area contributed by atoms with Gasteiger partial charge in [0, 0.05) is 14.1 Å². The Kier molecular flexibility index (Phi) is 2.83. The molecule has 8 nitrogen and oxygen atoms in total. The molecule has 0 fully saturated rings. The zero-order valence-corrected chi connectivity index (χ0v) is 12.9. The van der Waals surface area contributed by atoms with E-state index in [2.05, 4.69) is 5.16 Å². The largest absolute Gasteiger partial charge is 0.363 e. The van der Waals surface area contributed by atoms with Gasteiger partial charge in [-0.3, -0.25) is 23.3 Å². The van der Waals surface area contributed by atoms with Crippen LogP contribution in [0.5, 0.6) is 0 Å². The average Bonchev–Trinajstić information content (AvgIpc) is 3.08. The molecular weight excluding hydrogens is 312 g/mol. The van der Waals surface area contributed by atoms with Crippen molar-refractivity contribution in [2.45, 2.75) is 0 Å². The van der Waals surface area contributed by atoms with E-state index in [0.717, 1.165) is 4.57 Å². The van der Waals surface area contributed by atoms with E-state index in [9.17, 15) is 14.4 Å². The molecule has 0 aliphatic carbocycles. The number of rotatable bonds is 1. The van der Waals surface area contributed by atoms with Crippen LogP contribution in [-0.2, 0) is 14.1 Å². The summed E-state index contributed by atoms with van der Waals surface area (Å²) in [5, 5.41) is 4.14. The van der Waals surface area contributed by atoms with Crippen molar-refractivity contribution in [3.63, 3.8) is 0 Å². The van der Waals surface area contributed by atoms with E-state index in [1.54, 1.807) is 24.3 Å². The number of benzene rings is 1. The van der Waals surface area contributed by atoms with Crippen molar-refractivity contribution >= 4 is 21.9 Å². The first kappa shape index (κ1) is 14.2. The smallest absolute Gasteiger partial charge is 0.332 e. The van der Waals surface area contributed by atoms with Crippen LogP contribution in [-0.4, -0.2) is 18.9 Å². The minimum Gasteiger partial charge on any atom is -0.363 e. The van der Waals surface area contributed by atoms with Crippen LogP contribution >= 0.6 is 0 Å². The average molecular weight is 324 g/mol. The molecule has 0 radical (unpaired) electrons. The minimum atomic E-state index is -0.531. The zero-order chi connectivity index (χ0) is 17.0. The van der Waals surface area contributed by atoms with Gasteiger partial charge in [-0.05, 0) is 12.1 Å². The number of para-hydroxylation sites is 1. The molecule has 0 aliphatic heterocycles. The molecule has 0 spiro atoms. The Labute approximate surface area is 133 Å². The van der Waals surface area contributed by atoms with Gasteiger partial charge >= 0.3 is 5.69 Å². The van der Waals surface area contributed by atoms with Gasteiger partial charge in [0.1, 0.15) is 28.2 Å². The lowest BCUT2D eigenvalue weighted by molar-refractivity contribution is 0.428. The normalized spacial score (nSPS) is 11.4. The third kappa shape index (κ3) is 1.67. The lowest BCUT2D eigenvalue weighted by Crippen LogP contribution is -2.39. The second-order valence-electron chi connectivity index (χ2n) is 5.46. The van der Waals surface area contributed by atoms with Gasteiger partial charge in [0.15, 0.2) is 0 Å². The van der Waals surface area contributed by atoms with Crippen LogP contribution in [0.4, 0.5) is 0 Å². The maximum absolute atomic E-state index is 12.9. The lowest BCUT2D eigenvalue weighted by atomic mass is 10.2. The Morgan fingerprint density at radius 1 is 0.958 bits per heavy atom. The predicted octanol–water partition coefficient (Wildman–Crippen LogP) is 0.529. The highest BCUT2D eigenvalue weighted by atomic mass is 16.5. The molecule has 0 atom stereocenters. The molecular formula is C16H12N4O4. The second-order valence-corrected chi connectivity index (χ2v) is 5.46. The van der Waals surface area contributed by atoms with Gasteiger partial charge in [0.25, 0.3) is 11.1 Å². The summed E-state index contributed by atoms with van der Waals surface area (Å²) in [4.78, 5) is 37.9. The van der Waals surface area contributed by atoms with Crippen molar-refractivity contribution < 1.29 is 4.52 Å². The van der Waals surface area contributed by atoms with Crippen molar-refractivity contribution in [1.29, 1.82) is 0 Å². The summed E-state index contributed by atoms with van der Waals surface area (Å²) >= 11 is 0. The van der Waals surface area contributed by atoms with Gasteiger partial charge < -0.3 is 4.52 Å². The lowest BCUT2D eigenvalue weighted by Gasteiger charge is -2.14. The van der Waals surface area contributed by atoms with E-state index in [4.69, 9.17) is 4.52 Å². The molecule has 0 amide bonds. The molecule has 120 valence electrons. The quantitative estimate of drug-likeness (QED) is 0.509. The highest BCUT2D eigenvalue weighted by Crippen LogP contribution is 2.20. The van der Waals surface area contributed by atoms with Crippen molar-refractivity contribution in [1.82, 2.24) is 18.9 Å². The maximum Gasteiger partial charge on any atom is 0.332 e. The molecule has 0 aliphatic rings. The molecule has 0 N–H and O–H groups in total. The Hall–Kier alpha value is -3.42. The highest BCUT2D eigenvalue weighted by molar-refractivity contribution is 6.01. The Morgan fingerprint density at radius 2 is 1.67 bits per heavy atom. The molecule has 0 bridgehead atoms. The fourth-order valence-corrected chi connectivity index (χ4v) is 2.90. The van der Waals surface area contributed by atoms with E-state index in [0.29, 0.717) is 5.69 Å². The molecule has 4 rings (SSSR count). The van der Waals surface area contributed by atoms with Crippen LogP contribution in [0.25, 0.3) is 27.6 Å². The number of aryl methyl sites for hydroxylation is 1. The predicted molar refractivity (Wildman–Crippen MR) is 87.6 cm³/mol. The molecule has 0 saturated heterocycles. The fraction of sp³-hybridized carbons (Fsp3) is 0.125. The standard InChI is InChI=1S/C16H12N4O4/c1-18-13-11(15(22)19(2)16(18)23)12-10(8-24-17-12)14(21)20(13)9-6-4-3-5-7-9/h3-8H,1-2H3. The number of hydrogen-bond acceptors (Lipinski definition) is 5. The maximum atomic E-state index is 12.9. The van der Waals surface area contributed by atoms with Crippen molar-refractivity contribution in [2.24, 2.45) is 14.1 Å². The summed E-state index contributed by atoms with van der Waals surface area (Å²) in [7, 11) is 2.89. The van der Waals surface area contributed by atoms with Crippen molar-refractivity contribution in [3.8, 4) is 5.69 Å². The van der Waals surface area contributed by atoms with E-state index in [-0.39, 0.29) is 21.9 Å². The van der Waals surface area contributed by atoms with E-state index >= 15 is 0 Å². The van der Waals surface area contributed by atoms with Gasteiger partial charge in [-0.1, -0.05) is 23.4 Å². The first-order chi connectivity index (χ1) is 11.5. The summed E-state index contributed by atoms with van der Waals surface area (Å²) in [6.07, 6.45) is 1.21. The van der Waals surface area contributed by atoms with Crippen LogP contribution in [0.1, 0.15) is 0 Å². The number of pyridine rings is 1.